The normalized spacial score (nSPS) is 10.8. The quantitative estimate of drug-likeness (QED) is 0.918. The van der Waals surface area contributed by atoms with Gasteiger partial charge in [-0.3, -0.25) is 14.3 Å². The second-order valence-corrected chi connectivity index (χ2v) is 5.12. The second-order valence-electron chi connectivity index (χ2n) is 4.69. The van der Waals surface area contributed by atoms with E-state index in [2.05, 4.69) is 4.98 Å². The molecule has 21 heavy (non-hydrogen) atoms. The van der Waals surface area contributed by atoms with Crippen molar-refractivity contribution < 1.29 is 4.74 Å². The van der Waals surface area contributed by atoms with Crippen LogP contribution in [0, 0.1) is 0 Å². The molecule has 2 aromatic rings. The van der Waals surface area contributed by atoms with Crippen molar-refractivity contribution in [3.8, 4) is 0 Å². The van der Waals surface area contributed by atoms with Gasteiger partial charge in [0.05, 0.1) is 0 Å². The summed E-state index contributed by atoms with van der Waals surface area (Å²) in [5, 5.41) is 0.648. The number of nitrogens with zero attached hydrogens (tertiary/aromatic N) is 1. The molecule has 1 N–H and O–H groups in total. The molecule has 1 aromatic heterocycles. The van der Waals surface area contributed by atoms with Crippen LogP contribution in [-0.4, -0.2) is 16.7 Å². The maximum absolute atomic E-state index is 12.0. The molecular weight excluding hydrogens is 292 g/mol. The Morgan fingerprint density at radius 3 is 2.48 bits per heavy atom. The molecule has 0 aliphatic heterocycles. The number of methoxy groups -OCH3 is 1. The molecule has 112 valence electrons. The number of halogens is 1. The van der Waals surface area contributed by atoms with Crippen molar-refractivity contribution in [1.29, 1.82) is 0 Å². The van der Waals surface area contributed by atoms with Gasteiger partial charge in [0, 0.05) is 29.8 Å². The summed E-state index contributed by atoms with van der Waals surface area (Å²) in [5.41, 5.74) is 1.46. The highest BCUT2D eigenvalue weighted by Gasteiger charge is 2.14. The molecule has 2 rings (SSSR count). The van der Waals surface area contributed by atoms with Crippen LogP contribution in [0.15, 0.2) is 33.9 Å². The van der Waals surface area contributed by atoms with Gasteiger partial charge in [0.1, 0.15) is 6.73 Å². The van der Waals surface area contributed by atoms with Crippen LogP contribution >= 0.6 is 11.6 Å². The fourth-order valence-electron chi connectivity index (χ4n) is 2.28. The molecule has 6 heteroatoms. The van der Waals surface area contributed by atoms with Gasteiger partial charge >= 0.3 is 5.69 Å². The highest BCUT2D eigenvalue weighted by atomic mass is 35.5. The Kier molecular flexibility index (Phi) is 4.98. The fraction of sp³-hybridized carbons (Fsp3) is 0.333. The maximum atomic E-state index is 12.0. The van der Waals surface area contributed by atoms with Crippen LogP contribution in [0.5, 0.6) is 0 Å². The topological polar surface area (TPSA) is 64.1 Å². The van der Waals surface area contributed by atoms with Crippen molar-refractivity contribution in [3.05, 3.63) is 66.9 Å². The van der Waals surface area contributed by atoms with Gasteiger partial charge in [0.15, 0.2) is 0 Å². The third-order valence-corrected chi connectivity index (χ3v) is 3.56. The van der Waals surface area contributed by atoms with Crippen LogP contribution in [0.3, 0.4) is 0 Å². The Hall–Kier alpha value is -1.85. The predicted molar refractivity (Wildman–Crippen MR) is 82.0 cm³/mol. The van der Waals surface area contributed by atoms with Gasteiger partial charge in [-0.05, 0) is 24.1 Å². The van der Waals surface area contributed by atoms with Crippen molar-refractivity contribution in [2.75, 3.05) is 7.11 Å². The van der Waals surface area contributed by atoms with Gasteiger partial charge in [-0.15, -0.1) is 0 Å². The van der Waals surface area contributed by atoms with Crippen molar-refractivity contribution in [2.45, 2.75) is 26.5 Å². The molecule has 1 heterocycles. The summed E-state index contributed by atoms with van der Waals surface area (Å²) in [6, 6.07) is 7.33. The predicted octanol–water partition coefficient (Wildman–Crippen LogP) is 1.95. The zero-order chi connectivity index (χ0) is 15.4. The van der Waals surface area contributed by atoms with Gasteiger partial charge in [-0.1, -0.05) is 30.7 Å². The number of hydrogen-bond donors (Lipinski definition) is 1. The Labute approximate surface area is 127 Å². The van der Waals surface area contributed by atoms with Crippen LogP contribution in [-0.2, 0) is 24.3 Å². The average Bonchev–Trinajstić information content (AvgIpc) is 2.45. The van der Waals surface area contributed by atoms with Gasteiger partial charge < -0.3 is 4.74 Å². The van der Waals surface area contributed by atoms with E-state index in [9.17, 15) is 9.59 Å². The molecule has 0 unspecified atom stereocenters. The Balaban J connectivity index is 2.56. The number of rotatable bonds is 5. The van der Waals surface area contributed by atoms with Crippen LogP contribution < -0.4 is 11.2 Å². The first kappa shape index (κ1) is 15.5. The standard InChI is InChI=1S/C15H17ClN2O3/c1-3-12-13(8-10-4-6-11(16)7-5-10)18(9-21-2)15(20)17-14(12)19/h4-7H,3,8-9H2,1-2H3,(H,17,19,20). The van der Waals surface area contributed by atoms with E-state index in [1.54, 1.807) is 12.1 Å². The van der Waals surface area contributed by atoms with Crippen LogP contribution in [0.4, 0.5) is 0 Å². The number of nitrogens with one attached hydrogen (secondary N) is 1. The SMILES string of the molecule is CCc1c(Cc2ccc(Cl)cc2)n(COC)c(=O)[nH]c1=O. The molecule has 0 amide bonds. The highest BCUT2D eigenvalue weighted by Crippen LogP contribution is 2.14. The van der Waals surface area contributed by atoms with Crippen LogP contribution in [0.25, 0.3) is 0 Å². The fourth-order valence-corrected chi connectivity index (χ4v) is 2.41. The van der Waals surface area contributed by atoms with Gasteiger partial charge in [0.25, 0.3) is 5.56 Å². The highest BCUT2D eigenvalue weighted by molar-refractivity contribution is 6.30. The lowest BCUT2D eigenvalue weighted by Gasteiger charge is -2.15. The zero-order valence-corrected chi connectivity index (χ0v) is 12.7. The summed E-state index contributed by atoms with van der Waals surface area (Å²) in [6.07, 6.45) is 1.02. The van der Waals surface area contributed by atoms with Crippen molar-refractivity contribution in [2.24, 2.45) is 0 Å². The van der Waals surface area contributed by atoms with Crippen LogP contribution in [0.1, 0.15) is 23.7 Å². The summed E-state index contributed by atoms with van der Waals surface area (Å²) >= 11 is 5.87. The van der Waals surface area contributed by atoms with Gasteiger partial charge in [-0.2, -0.15) is 0 Å². The monoisotopic (exact) mass is 308 g/mol. The lowest BCUT2D eigenvalue weighted by molar-refractivity contribution is 0.124. The third kappa shape index (κ3) is 3.43. The van der Waals surface area contributed by atoms with E-state index in [0.717, 1.165) is 5.56 Å². The minimum Gasteiger partial charge on any atom is -0.364 e. The number of aromatic amines is 1. The molecule has 5 nitrogen and oxygen atoms in total. The Morgan fingerprint density at radius 2 is 1.90 bits per heavy atom. The molecule has 0 fully saturated rings. The van der Waals surface area contributed by atoms with Crippen LogP contribution in [0.2, 0.25) is 5.02 Å². The van der Waals surface area contributed by atoms with E-state index in [1.807, 2.05) is 19.1 Å². The number of ether oxygens (including phenoxy) is 1. The van der Waals surface area contributed by atoms with E-state index >= 15 is 0 Å². The number of aromatic nitrogens is 2. The molecule has 0 spiro atoms. The summed E-state index contributed by atoms with van der Waals surface area (Å²) in [7, 11) is 1.51. The van der Waals surface area contributed by atoms with E-state index in [1.165, 1.54) is 11.7 Å². The van der Waals surface area contributed by atoms with Gasteiger partial charge in [0.2, 0.25) is 0 Å². The molecular formula is C15H17ClN2O3. The lowest BCUT2D eigenvalue weighted by atomic mass is 10.0. The summed E-state index contributed by atoms with van der Waals surface area (Å²) in [6.45, 7) is 1.99. The van der Waals surface area contributed by atoms with E-state index < -0.39 is 5.69 Å². The largest absolute Gasteiger partial charge is 0.364 e. The van der Waals surface area contributed by atoms with E-state index in [0.29, 0.717) is 29.1 Å². The third-order valence-electron chi connectivity index (χ3n) is 3.31. The minimum absolute atomic E-state index is 0.103. The molecule has 0 atom stereocenters. The number of H-pyrrole nitrogens is 1. The van der Waals surface area contributed by atoms with Crippen molar-refractivity contribution in [3.63, 3.8) is 0 Å². The smallest absolute Gasteiger partial charge is 0.330 e. The molecule has 0 radical (unpaired) electrons. The summed E-state index contributed by atoms with van der Waals surface area (Å²) in [5.74, 6) is 0. The molecule has 1 aromatic carbocycles. The maximum Gasteiger partial charge on any atom is 0.330 e. The molecule has 0 saturated carbocycles. The summed E-state index contributed by atoms with van der Waals surface area (Å²) < 4.78 is 6.52. The first-order valence-corrected chi connectivity index (χ1v) is 7.02. The zero-order valence-electron chi connectivity index (χ0n) is 12.0. The number of hydrogen-bond acceptors (Lipinski definition) is 3. The average molecular weight is 309 g/mol. The minimum atomic E-state index is -0.456. The Bertz CT molecular complexity index is 732. The molecule has 0 aliphatic carbocycles. The van der Waals surface area contributed by atoms with E-state index in [-0.39, 0.29) is 12.3 Å². The number of benzene rings is 1. The second kappa shape index (κ2) is 6.74. The Morgan fingerprint density at radius 1 is 1.24 bits per heavy atom. The first-order valence-electron chi connectivity index (χ1n) is 6.65. The molecule has 0 aliphatic rings. The summed E-state index contributed by atoms with van der Waals surface area (Å²) in [4.78, 5) is 26.3. The van der Waals surface area contributed by atoms with Gasteiger partial charge in [-0.25, -0.2) is 4.79 Å². The van der Waals surface area contributed by atoms with E-state index in [4.69, 9.17) is 16.3 Å². The van der Waals surface area contributed by atoms with Crippen molar-refractivity contribution in [1.82, 2.24) is 9.55 Å². The molecule has 0 bridgehead atoms. The lowest BCUT2D eigenvalue weighted by Crippen LogP contribution is -2.36. The molecule has 0 saturated heterocycles. The van der Waals surface area contributed by atoms with Crippen molar-refractivity contribution >= 4 is 11.6 Å². The first-order chi connectivity index (χ1) is 10.1.